The largest absolute Gasteiger partial charge is 0.385 e. The molecule has 0 aliphatic heterocycles. The highest BCUT2D eigenvalue weighted by Gasteiger charge is 2.33. The maximum absolute atomic E-state index is 15.3. The molecule has 3 aromatic rings. The molecule has 5 rings (SSSR count). The number of allylic oxidation sites excluding steroid dienone is 1. The first-order valence-corrected chi connectivity index (χ1v) is 12.9. The monoisotopic (exact) mass is 516 g/mol. The molecule has 0 saturated heterocycles. The third kappa shape index (κ3) is 5.41. The minimum Gasteiger partial charge on any atom is -0.385 e. The van der Waals surface area contributed by atoms with Crippen molar-refractivity contribution in [3.8, 4) is 0 Å². The highest BCUT2D eigenvalue weighted by atomic mass is 19.1. The number of amides is 2. The average Bonchev–Trinajstić information content (AvgIpc) is 3.49. The lowest BCUT2D eigenvalue weighted by atomic mass is 9.81. The number of aliphatic hydroxyl groups excluding tert-OH is 1. The van der Waals surface area contributed by atoms with Crippen LogP contribution in [0.1, 0.15) is 75.6 Å². The standard InChI is InChI=1S/C30H33FN4O3/c1-16-9-17(10-25(16)36)11-26(37)34-28(19-7-8-24-20(12-19)15-32-35-24)29(38)33-21-13-22(18-5-6-18)27(23(31)14-21)30(2,3)4/h7-10,12-15,18,25,28,36H,5-6,11H2,1-4H3,(H,32,35)(H,33,38)(H,34,37). The number of nitrogens with one attached hydrogen (secondary N) is 3. The fourth-order valence-electron chi connectivity index (χ4n) is 5.13. The summed E-state index contributed by atoms with van der Waals surface area (Å²) < 4.78 is 15.3. The second kappa shape index (κ2) is 9.83. The minimum atomic E-state index is -1.02. The van der Waals surface area contributed by atoms with Crippen LogP contribution in [0.3, 0.4) is 0 Å². The normalized spacial score (nSPS) is 18.2. The van der Waals surface area contributed by atoms with Gasteiger partial charge in [-0.3, -0.25) is 14.7 Å². The zero-order valence-electron chi connectivity index (χ0n) is 22.1. The van der Waals surface area contributed by atoms with E-state index in [4.69, 9.17) is 0 Å². The SMILES string of the molecule is CC1=CC(CC(=O)NC(C(=O)Nc2cc(F)c(C(C)(C)C)c(C3CC3)c2)c2ccc3[nH]ncc3c2)=CC1O. The summed E-state index contributed by atoms with van der Waals surface area (Å²) in [6.45, 7) is 7.76. The van der Waals surface area contributed by atoms with Crippen molar-refractivity contribution < 1.29 is 19.1 Å². The van der Waals surface area contributed by atoms with Crippen LogP contribution in [0, 0.1) is 5.82 Å². The third-order valence-electron chi connectivity index (χ3n) is 7.14. The predicted octanol–water partition coefficient (Wildman–Crippen LogP) is 5.31. The summed E-state index contributed by atoms with van der Waals surface area (Å²) in [5.74, 6) is -0.889. The molecular formula is C30H33FN4O3. The van der Waals surface area contributed by atoms with Gasteiger partial charge in [0.1, 0.15) is 11.9 Å². The number of fused-ring (bicyclic) bond motifs is 1. The topological polar surface area (TPSA) is 107 Å². The summed E-state index contributed by atoms with van der Waals surface area (Å²) in [7, 11) is 0. The maximum Gasteiger partial charge on any atom is 0.251 e. The zero-order chi connectivity index (χ0) is 27.2. The van der Waals surface area contributed by atoms with Crippen LogP contribution in [0.4, 0.5) is 10.1 Å². The molecule has 2 amide bonds. The van der Waals surface area contributed by atoms with Crippen molar-refractivity contribution in [1.82, 2.24) is 15.5 Å². The van der Waals surface area contributed by atoms with E-state index in [1.165, 1.54) is 6.07 Å². The number of nitrogens with zero attached hydrogens (tertiary/aromatic N) is 1. The first-order valence-electron chi connectivity index (χ1n) is 12.9. The van der Waals surface area contributed by atoms with E-state index in [2.05, 4.69) is 20.8 Å². The lowest BCUT2D eigenvalue weighted by Gasteiger charge is -2.25. The van der Waals surface area contributed by atoms with Crippen LogP contribution in [-0.2, 0) is 15.0 Å². The number of benzene rings is 2. The molecule has 1 aromatic heterocycles. The Morgan fingerprint density at radius 2 is 1.97 bits per heavy atom. The molecule has 7 nitrogen and oxygen atoms in total. The van der Waals surface area contributed by atoms with Gasteiger partial charge in [-0.05, 0) is 89.3 Å². The zero-order valence-corrected chi connectivity index (χ0v) is 22.1. The quantitative estimate of drug-likeness (QED) is 0.341. The fraction of sp³-hybridized carbons (Fsp3) is 0.367. The molecule has 2 aliphatic carbocycles. The lowest BCUT2D eigenvalue weighted by molar-refractivity contribution is -0.126. The van der Waals surface area contributed by atoms with Gasteiger partial charge in [0.25, 0.3) is 5.91 Å². The van der Waals surface area contributed by atoms with Gasteiger partial charge < -0.3 is 15.7 Å². The maximum atomic E-state index is 15.3. The van der Waals surface area contributed by atoms with Crippen LogP contribution in [0.2, 0.25) is 0 Å². The first kappa shape index (κ1) is 25.9. The second-order valence-corrected chi connectivity index (χ2v) is 11.4. The summed E-state index contributed by atoms with van der Waals surface area (Å²) in [6, 6.07) is 7.57. The lowest BCUT2D eigenvalue weighted by Crippen LogP contribution is -2.37. The Kier molecular flexibility index (Phi) is 6.69. The van der Waals surface area contributed by atoms with Gasteiger partial charge in [0, 0.05) is 11.1 Å². The Balaban J connectivity index is 1.43. The van der Waals surface area contributed by atoms with E-state index in [-0.39, 0.29) is 23.6 Å². The van der Waals surface area contributed by atoms with Gasteiger partial charge in [-0.15, -0.1) is 0 Å². The molecule has 0 bridgehead atoms. The fourth-order valence-corrected chi connectivity index (χ4v) is 5.13. The van der Waals surface area contributed by atoms with E-state index >= 15 is 4.39 Å². The van der Waals surface area contributed by atoms with Crippen LogP contribution >= 0.6 is 0 Å². The molecule has 8 heteroatoms. The van der Waals surface area contributed by atoms with Crippen molar-refractivity contribution in [2.75, 3.05) is 5.32 Å². The van der Waals surface area contributed by atoms with Crippen LogP contribution in [-0.4, -0.2) is 33.2 Å². The van der Waals surface area contributed by atoms with Crippen LogP contribution < -0.4 is 10.6 Å². The van der Waals surface area contributed by atoms with E-state index in [0.717, 1.165) is 34.9 Å². The Bertz CT molecular complexity index is 1480. The average molecular weight is 517 g/mol. The van der Waals surface area contributed by atoms with E-state index in [1.807, 2.05) is 26.8 Å². The van der Waals surface area contributed by atoms with Crippen molar-refractivity contribution in [3.63, 3.8) is 0 Å². The number of anilines is 1. The number of hydrogen-bond donors (Lipinski definition) is 4. The number of hydrogen-bond acceptors (Lipinski definition) is 4. The Morgan fingerprint density at radius 3 is 2.63 bits per heavy atom. The van der Waals surface area contributed by atoms with Crippen LogP contribution in [0.5, 0.6) is 0 Å². The van der Waals surface area contributed by atoms with E-state index in [0.29, 0.717) is 28.3 Å². The first-order chi connectivity index (χ1) is 18.0. The number of H-pyrrole nitrogens is 1. The van der Waals surface area contributed by atoms with Crippen molar-refractivity contribution in [2.45, 2.75) is 70.4 Å². The summed E-state index contributed by atoms with van der Waals surface area (Å²) in [6.07, 6.45) is 6.37. The van der Waals surface area contributed by atoms with Gasteiger partial charge in [-0.1, -0.05) is 32.9 Å². The molecular weight excluding hydrogens is 483 g/mol. The molecule has 38 heavy (non-hydrogen) atoms. The highest BCUT2D eigenvalue weighted by molar-refractivity contribution is 5.99. The molecule has 4 N–H and O–H groups in total. The van der Waals surface area contributed by atoms with Gasteiger partial charge in [-0.2, -0.15) is 5.10 Å². The molecule has 2 atom stereocenters. The molecule has 1 saturated carbocycles. The van der Waals surface area contributed by atoms with Crippen molar-refractivity contribution in [2.24, 2.45) is 0 Å². The number of aromatic nitrogens is 2. The molecule has 2 unspecified atom stereocenters. The number of halogens is 1. The molecule has 1 heterocycles. The summed E-state index contributed by atoms with van der Waals surface area (Å²) in [4.78, 5) is 26.6. The summed E-state index contributed by atoms with van der Waals surface area (Å²) in [5, 5.41) is 23.4. The highest BCUT2D eigenvalue weighted by Crippen LogP contribution is 2.46. The number of aromatic amines is 1. The Hall–Kier alpha value is -3.78. The van der Waals surface area contributed by atoms with E-state index in [1.54, 1.807) is 43.5 Å². The molecule has 2 aliphatic rings. The van der Waals surface area contributed by atoms with E-state index in [9.17, 15) is 14.7 Å². The summed E-state index contributed by atoms with van der Waals surface area (Å²) >= 11 is 0. The van der Waals surface area contributed by atoms with Gasteiger partial charge in [0.2, 0.25) is 5.91 Å². The van der Waals surface area contributed by atoms with Gasteiger partial charge >= 0.3 is 0 Å². The van der Waals surface area contributed by atoms with Gasteiger partial charge in [0.05, 0.1) is 24.2 Å². The van der Waals surface area contributed by atoms with Gasteiger partial charge in [-0.25, -0.2) is 4.39 Å². The smallest absolute Gasteiger partial charge is 0.251 e. The number of carbonyl (C=O) groups excluding carboxylic acids is 2. The molecule has 0 radical (unpaired) electrons. The Morgan fingerprint density at radius 1 is 1.21 bits per heavy atom. The molecule has 198 valence electrons. The van der Waals surface area contributed by atoms with Crippen molar-refractivity contribution >= 4 is 28.4 Å². The Labute approximate surface area is 221 Å². The molecule has 2 aromatic carbocycles. The van der Waals surface area contributed by atoms with Gasteiger partial charge in [0.15, 0.2) is 0 Å². The number of rotatable bonds is 7. The van der Waals surface area contributed by atoms with Crippen LogP contribution in [0.25, 0.3) is 10.9 Å². The van der Waals surface area contributed by atoms with Crippen LogP contribution in [0.15, 0.2) is 59.8 Å². The molecule has 0 spiro atoms. The van der Waals surface area contributed by atoms with Crippen molar-refractivity contribution in [1.29, 1.82) is 0 Å². The predicted molar refractivity (Wildman–Crippen MR) is 145 cm³/mol. The van der Waals surface area contributed by atoms with Crippen molar-refractivity contribution in [3.05, 3.63) is 82.3 Å². The number of aliphatic hydroxyl groups is 1. The van der Waals surface area contributed by atoms with E-state index < -0.39 is 18.1 Å². The third-order valence-corrected chi connectivity index (χ3v) is 7.14. The molecule has 1 fully saturated rings. The second-order valence-electron chi connectivity index (χ2n) is 11.4. The minimum absolute atomic E-state index is 0.0207. The number of carbonyl (C=O) groups is 2. The summed E-state index contributed by atoms with van der Waals surface area (Å²) in [5.41, 5.74) is 4.45.